The molecule has 1 N–H and O–H groups in total. The fourth-order valence-corrected chi connectivity index (χ4v) is 2.21. The van der Waals surface area contributed by atoms with Crippen molar-refractivity contribution in [2.45, 2.75) is 31.8 Å². The first kappa shape index (κ1) is 13.5. The van der Waals surface area contributed by atoms with Crippen molar-refractivity contribution in [3.05, 3.63) is 0 Å². The lowest BCUT2D eigenvalue weighted by Gasteiger charge is -2.39. The Bertz CT molecular complexity index is 254. The van der Waals surface area contributed by atoms with E-state index in [9.17, 15) is 0 Å². The molecule has 1 aliphatic heterocycles. The van der Waals surface area contributed by atoms with Gasteiger partial charge < -0.3 is 15.1 Å². The largest absolute Gasteiger partial charge is 0.316 e. The van der Waals surface area contributed by atoms with Crippen LogP contribution in [0.3, 0.4) is 0 Å². The first-order valence-corrected chi connectivity index (χ1v) is 6.13. The molecular weight excluding hydrogens is 198 g/mol. The molecule has 0 saturated carbocycles. The molecule has 0 bridgehead atoms. The minimum atomic E-state index is 0.520. The average molecular weight is 223 g/mol. The minimum absolute atomic E-state index is 0.520. The molecule has 1 fully saturated rings. The lowest BCUT2D eigenvalue weighted by molar-refractivity contribution is 0.102. The third-order valence-corrected chi connectivity index (χ3v) is 3.47. The predicted octanol–water partition coefficient (Wildman–Crippen LogP) is 0.624. The van der Waals surface area contributed by atoms with Crippen LogP contribution in [0.5, 0.6) is 0 Å². The third-order valence-electron chi connectivity index (χ3n) is 3.47. The van der Waals surface area contributed by atoms with E-state index in [-0.39, 0.29) is 0 Å². The highest BCUT2D eigenvalue weighted by molar-refractivity contribution is 4.99. The molecule has 0 aromatic rings. The maximum atomic E-state index is 3.37. The SMILES string of the molecule is CC#CCC(CC1CN(C)CCN1C)NC. The van der Waals surface area contributed by atoms with Crippen LogP contribution >= 0.6 is 0 Å². The maximum Gasteiger partial charge on any atom is 0.0243 e. The Morgan fingerprint density at radius 3 is 2.75 bits per heavy atom. The van der Waals surface area contributed by atoms with Gasteiger partial charge in [0.1, 0.15) is 0 Å². The minimum Gasteiger partial charge on any atom is -0.316 e. The Morgan fingerprint density at radius 2 is 2.12 bits per heavy atom. The van der Waals surface area contributed by atoms with Crippen LogP contribution in [0.15, 0.2) is 0 Å². The van der Waals surface area contributed by atoms with Gasteiger partial charge in [-0.15, -0.1) is 11.8 Å². The highest BCUT2D eigenvalue weighted by Crippen LogP contribution is 2.12. The van der Waals surface area contributed by atoms with Crippen molar-refractivity contribution in [1.82, 2.24) is 15.1 Å². The van der Waals surface area contributed by atoms with Gasteiger partial charge in [-0.1, -0.05) is 0 Å². The normalized spacial score (nSPS) is 24.9. The molecule has 0 radical (unpaired) electrons. The Hall–Kier alpha value is -0.560. The zero-order valence-corrected chi connectivity index (χ0v) is 11.1. The molecule has 0 amide bonds. The molecule has 92 valence electrons. The molecule has 0 aromatic carbocycles. The fraction of sp³-hybridized carbons (Fsp3) is 0.846. The van der Waals surface area contributed by atoms with Crippen molar-refractivity contribution in [3.8, 4) is 11.8 Å². The summed E-state index contributed by atoms with van der Waals surface area (Å²) in [5.74, 6) is 6.15. The molecule has 2 atom stereocenters. The van der Waals surface area contributed by atoms with Crippen LogP contribution < -0.4 is 5.32 Å². The first-order chi connectivity index (χ1) is 7.67. The van der Waals surface area contributed by atoms with E-state index < -0.39 is 0 Å². The van der Waals surface area contributed by atoms with Gasteiger partial charge >= 0.3 is 0 Å². The van der Waals surface area contributed by atoms with Gasteiger partial charge in [0, 0.05) is 38.1 Å². The first-order valence-electron chi connectivity index (χ1n) is 6.13. The molecule has 0 aliphatic carbocycles. The van der Waals surface area contributed by atoms with Gasteiger partial charge in [0.2, 0.25) is 0 Å². The van der Waals surface area contributed by atoms with Crippen molar-refractivity contribution in [2.75, 3.05) is 40.8 Å². The number of nitrogens with zero attached hydrogens (tertiary/aromatic N) is 2. The van der Waals surface area contributed by atoms with Gasteiger partial charge in [-0.3, -0.25) is 0 Å². The van der Waals surface area contributed by atoms with Crippen molar-refractivity contribution in [3.63, 3.8) is 0 Å². The number of hydrogen-bond acceptors (Lipinski definition) is 3. The van der Waals surface area contributed by atoms with Crippen LogP contribution in [0, 0.1) is 11.8 Å². The molecule has 1 heterocycles. The summed E-state index contributed by atoms with van der Waals surface area (Å²) in [6, 6.07) is 1.18. The zero-order valence-electron chi connectivity index (χ0n) is 11.1. The summed E-state index contributed by atoms with van der Waals surface area (Å²) >= 11 is 0. The highest BCUT2D eigenvalue weighted by Gasteiger charge is 2.24. The van der Waals surface area contributed by atoms with Gasteiger partial charge in [-0.05, 0) is 34.5 Å². The van der Waals surface area contributed by atoms with Crippen LogP contribution in [0.1, 0.15) is 19.8 Å². The Morgan fingerprint density at radius 1 is 1.38 bits per heavy atom. The van der Waals surface area contributed by atoms with Crippen LogP contribution in [0.4, 0.5) is 0 Å². The lowest BCUT2D eigenvalue weighted by Crippen LogP contribution is -2.51. The maximum absolute atomic E-state index is 3.37. The Labute approximate surface area is 100 Å². The lowest BCUT2D eigenvalue weighted by atomic mass is 10.0. The Balaban J connectivity index is 2.44. The van der Waals surface area contributed by atoms with Gasteiger partial charge in [0.05, 0.1) is 0 Å². The summed E-state index contributed by atoms with van der Waals surface area (Å²) in [4.78, 5) is 4.90. The van der Waals surface area contributed by atoms with Gasteiger partial charge in [-0.2, -0.15) is 0 Å². The molecule has 2 unspecified atom stereocenters. The van der Waals surface area contributed by atoms with E-state index >= 15 is 0 Å². The summed E-state index contributed by atoms with van der Waals surface area (Å²) in [5.41, 5.74) is 0. The van der Waals surface area contributed by atoms with E-state index in [1.807, 2.05) is 14.0 Å². The van der Waals surface area contributed by atoms with E-state index in [0.717, 1.165) is 6.42 Å². The molecule has 16 heavy (non-hydrogen) atoms. The van der Waals surface area contributed by atoms with Crippen molar-refractivity contribution >= 4 is 0 Å². The van der Waals surface area contributed by atoms with Gasteiger partial charge in [-0.25, -0.2) is 0 Å². The molecular formula is C13H25N3. The van der Waals surface area contributed by atoms with Gasteiger partial charge in [0.25, 0.3) is 0 Å². The molecule has 3 heteroatoms. The molecule has 0 spiro atoms. The Kier molecular flexibility index (Phi) is 5.83. The third kappa shape index (κ3) is 4.13. The van der Waals surface area contributed by atoms with Crippen molar-refractivity contribution < 1.29 is 0 Å². The second kappa shape index (κ2) is 6.90. The van der Waals surface area contributed by atoms with E-state index in [0.29, 0.717) is 12.1 Å². The molecule has 0 aromatic heterocycles. The summed E-state index contributed by atoms with van der Waals surface area (Å²) in [6.07, 6.45) is 2.15. The van der Waals surface area contributed by atoms with Crippen molar-refractivity contribution in [1.29, 1.82) is 0 Å². The van der Waals surface area contributed by atoms with E-state index in [1.54, 1.807) is 0 Å². The zero-order chi connectivity index (χ0) is 12.0. The summed E-state index contributed by atoms with van der Waals surface area (Å²) in [5, 5.41) is 3.37. The monoisotopic (exact) mass is 223 g/mol. The average Bonchev–Trinajstić information content (AvgIpc) is 2.28. The van der Waals surface area contributed by atoms with E-state index in [2.05, 4.69) is 41.1 Å². The van der Waals surface area contributed by atoms with Crippen LogP contribution in [-0.4, -0.2) is 62.7 Å². The number of rotatable bonds is 4. The van der Waals surface area contributed by atoms with Gasteiger partial charge in [0.15, 0.2) is 0 Å². The number of nitrogens with one attached hydrogen (secondary N) is 1. The molecule has 3 nitrogen and oxygen atoms in total. The second-order valence-electron chi connectivity index (χ2n) is 4.75. The van der Waals surface area contributed by atoms with Crippen LogP contribution in [0.25, 0.3) is 0 Å². The predicted molar refractivity (Wildman–Crippen MR) is 69.4 cm³/mol. The number of piperazine rings is 1. The van der Waals surface area contributed by atoms with Crippen LogP contribution in [0.2, 0.25) is 0 Å². The van der Waals surface area contributed by atoms with E-state index in [1.165, 1.54) is 26.1 Å². The van der Waals surface area contributed by atoms with Crippen LogP contribution in [-0.2, 0) is 0 Å². The second-order valence-corrected chi connectivity index (χ2v) is 4.75. The summed E-state index contributed by atoms with van der Waals surface area (Å²) in [7, 11) is 6.48. The summed E-state index contributed by atoms with van der Waals surface area (Å²) in [6.45, 7) is 5.45. The molecule has 1 rings (SSSR count). The number of likely N-dealkylation sites (N-methyl/N-ethyl adjacent to an activating group) is 2. The topological polar surface area (TPSA) is 18.5 Å². The standard InChI is InChI=1S/C13H25N3/c1-5-6-7-12(14-2)10-13-11-15(3)8-9-16(13)4/h12-14H,7-11H2,1-4H3. The van der Waals surface area contributed by atoms with Crippen molar-refractivity contribution in [2.24, 2.45) is 0 Å². The summed E-state index contributed by atoms with van der Waals surface area (Å²) < 4.78 is 0. The highest BCUT2D eigenvalue weighted by atomic mass is 15.3. The molecule has 1 aliphatic rings. The fourth-order valence-electron chi connectivity index (χ4n) is 2.21. The molecule has 1 saturated heterocycles. The smallest absolute Gasteiger partial charge is 0.0243 e. The number of hydrogen-bond donors (Lipinski definition) is 1. The van der Waals surface area contributed by atoms with E-state index in [4.69, 9.17) is 0 Å². The quantitative estimate of drug-likeness (QED) is 0.705.